The second-order valence-electron chi connectivity index (χ2n) is 7.36. The zero-order chi connectivity index (χ0) is 20.7. The van der Waals surface area contributed by atoms with E-state index in [0.717, 1.165) is 13.0 Å². The van der Waals surface area contributed by atoms with Gasteiger partial charge in [-0.1, -0.05) is 25.4 Å². The molecule has 1 atom stereocenters. The van der Waals surface area contributed by atoms with E-state index in [1.54, 1.807) is 30.2 Å². The highest BCUT2D eigenvalue weighted by atomic mass is 35.5. The van der Waals surface area contributed by atoms with Gasteiger partial charge in [-0.25, -0.2) is 4.79 Å². The van der Waals surface area contributed by atoms with Crippen LogP contribution < -0.4 is 10.1 Å². The summed E-state index contributed by atoms with van der Waals surface area (Å²) in [4.78, 5) is 28.7. The molecule has 0 radical (unpaired) electrons. The van der Waals surface area contributed by atoms with Gasteiger partial charge in [0.25, 0.3) is 0 Å². The van der Waals surface area contributed by atoms with Crippen LogP contribution in [0.15, 0.2) is 18.2 Å². The van der Waals surface area contributed by atoms with Gasteiger partial charge in [0.15, 0.2) is 0 Å². The lowest BCUT2D eigenvalue weighted by atomic mass is 10.2. The molecular weight excluding hydrogens is 382 g/mol. The van der Waals surface area contributed by atoms with E-state index in [1.165, 1.54) is 0 Å². The first-order valence-electron chi connectivity index (χ1n) is 9.62. The number of hydrogen-bond acceptors (Lipinski definition) is 5. The summed E-state index contributed by atoms with van der Waals surface area (Å²) in [5.74, 6) is 0.718. The summed E-state index contributed by atoms with van der Waals surface area (Å²) in [5.41, 5.74) is 0.542. The fourth-order valence-electron chi connectivity index (χ4n) is 3.02. The number of nitrogens with one attached hydrogen (secondary N) is 1. The molecule has 0 aliphatic carbocycles. The number of carbonyl (C=O) groups is 2. The van der Waals surface area contributed by atoms with Crippen molar-refractivity contribution >= 4 is 29.3 Å². The molecule has 0 aromatic heterocycles. The molecule has 1 unspecified atom stereocenters. The number of ether oxygens (including phenoxy) is 2. The standard InChI is InChI=1S/C20H30ClN3O4/c1-14(2)13-28-20(26)24-9-5-8-23(10-11-24)15(3)19(25)22-17-12-16(21)6-7-18(17)27-4/h6-7,12,14-15H,5,8-11,13H2,1-4H3,(H,22,25). The maximum Gasteiger partial charge on any atom is 0.409 e. The first-order chi connectivity index (χ1) is 13.3. The number of halogens is 1. The molecule has 0 spiro atoms. The molecule has 1 saturated heterocycles. The molecule has 0 bridgehead atoms. The highest BCUT2D eigenvalue weighted by Gasteiger charge is 2.26. The van der Waals surface area contributed by atoms with Gasteiger partial charge in [-0.2, -0.15) is 0 Å². The highest BCUT2D eigenvalue weighted by Crippen LogP contribution is 2.28. The van der Waals surface area contributed by atoms with Gasteiger partial charge in [0.05, 0.1) is 25.4 Å². The Hall–Kier alpha value is -1.99. The molecular formula is C20H30ClN3O4. The molecule has 1 aromatic rings. The Balaban J connectivity index is 1.93. The Labute approximate surface area is 171 Å². The first-order valence-corrected chi connectivity index (χ1v) is 9.99. The van der Waals surface area contributed by atoms with Crippen LogP contribution in [-0.4, -0.2) is 67.7 Å². The largest absolute Gasteiger partial charge is 0.495 e. The Morgan fingerprint density at radius 3 is 2.61 bits per heavy atom. The van der Waals surface area contributed by atoms with Crippen LogP contribution in [0.25, 0.3) is 0 Å². The molecule has 1 N–H and O–H groups in total. The summed E-state index contributed by atoms with van der Waals surface area (Å²) >= 11 is 6.03. The molecule has 0 saturated carbocycles. The summed E-state index contributed by atoms with van der Waals surface area (Å²) < 4.78 is 10.6. The van der Waals surface area contributed by atoms with Gasteiger partial charge in [-0.05, 0) is 37.5 Å². The normalized spacial score (nSPS) is 16.4. The van der Waals surface area contributed by atoms with Crippen LogP contribution in [0.5, 0.6) is 5.75 Å². The topological polar surface area (TPSA) is 71.1 Å². The molecule has 1 fully saturated rings. The molecule has 2 rings (SSSR count). The van der Waals surface area contributed by atoms with Crippen molar-refractivity contribution in [3.63, 3.8) is 0 Å². The molecule has 28 heavy (non-hydrogen) atoms. The number of nitrogens with zero attached hydrogens (tertiary/aromatic N) is 2. The minimum absolute atomic E-state index is 0.142. The lowest BCUT2D eigenvalue weighted by Crippen LogP contribution is -2.44. The summed E-state index contributed by atoms with van der Waals surface area (Å²) in [6.07, 6.45) is 0.505. The summed E-state index contributed by atoms with van der Waals surface area (Å²) in [5, 5.41) is 3.41. The molecule has 2 amide bonds. The van der Waals surface area contributed by atoms with Crippen LogP contribution in [0.3, 0.4) is 0 Å². The maximum atomic E-state index is 12.7. The second-order valence-corrected chi connectivity index (χ2v) is 7.79. The van der Waals surface area contributed by atoms with Crippen LogP contribution in [0.2, 0.25) is 5.02 Å². The SMILES string of the molecule is COc1ccc(Cl)cc1NC(=O)C(C)N1CCCN(C(=O)OCC(C)C)CC1. The van der Waals surface area contributed by atoms with Crippen molar-refractivity contribution in [1.82, 2.24) is 9.80 Å². The van der Waals surface area contributed by atoms with E-state index in [9.17, 15) is 9.59 Å². The number of benzene rings is 1. The van der Waals surface area contributed by atoms with Gasteiger partial charge in [0.2, 0.25) is 5.91 Å². The van der Waals surface area contributed by atoms with Crippen molar-refractivity contribution in [1.29, 1.82) is 0 Å². The number of amides is 2. The number of carbonyl (C=O) groups excluding carboxylic acids is 2. The fraction of sp³-hybridized carbons (Fsp3) is 0.600. The molecule has 156 valence electrons. The van der Waals surface area contributed by atoms with Crippen LogP contribution in [0, 0.1) is 5.92 Å². The quantitative estimate of drug-likeness (QED) is 0.776. The van der Waals surface area contributed by atoms with Gasteiger partial charge >= 0.3 is 6.09 Å². The molecule has 8 heteroatoms. The van der Waals surface area contributed by atoms with Crippen molar-refractivity contribution < 1.29 is 19.1 Å². The average Bonchev–Trinajstić information content (AvgIpc) is 2.92. The summed E-state index contributed by atoms with van der Waals surface area (Å²) in [7, 11) is 1.55. The van der Waals surface area contributed by atoms with E-state index in [1.807, 2.05) is 20.8 Å². The Morgan fingerprint density at radius 2 is 1.93 bits per heavy atom. The smallest absolute Gasteiger partial charge is 0.409 e. The van der Waals surface area contributed by atoms with Crippen molar-refractivity contribution in [3.8, 4) is 5.75 Å². The maximum absolute atomic E-state index is 12.7. The molecule has 1 aromatic carbocycles. The Bertz CT molecular complexity index is 683. The molecule has 1 aliphatic rings. The Kier molecular flexibility index (Phi) is 8.38. The summed E-state index contributed by atoms with van der Waals surface area (Å²) in [6.45, 7) is 8.80. The number of anilines is 1. The fourth-order valence-corrected chi connectivity index (χ4v) is 3.19. The number of methoxy groups -OCH3 is 1. The van der Waals surface area contributed by atoms with Gasteiger partial charge in [0.1, 0.15) is 5.75 Å². The van der Waals surface area contributed by atoms with Crippen molar-refractivity contribution in [3.05, 3.63) is 23.2 Å². The Morgan fingerprint density at radius 1 is 1.18 bits per heavy atom. The van der Waals surface area contributed by atoms with Gasteiger partial charge < -0.3 is 19.7 Å². The van der Waals surface area contributed by atoms with Crippen LogP contribution in [-0.2, 0) is 9.53 Å². The average molecular weight is 412 g/mol. The predicted octanol–water partition coefficient (Wildman–Crippen LogP) is 3.48. The van der Waals surface area contributed by atoms with E-state index < -0.39 is 0 Å². The van der Waals surface area contributed by atoms with Crippen molar-refractivity contribution in [2.24, 2.45) is 5.92 Å². The van der Waals surface area contributed by atoms with E-state index in [4.69, 9.17) is 21.1 Å². The van der Waals surface area contributed by atoms with Gasteiger partial charge in [-0.15, -0.1) is 0 Å². The molecule has 1 aliphatic heterocycles. The first kappa shape index (κ1) is 22.3. The lowest BCUT2D eigenvalue weighted by Gasteiger charge is -2.27. The monoisotopic (exact) mass is 411 g/mol. The van der Waals surface area contributed by atoms with E-state index in [0.29, 0.717) is 48.6 Å². The second kappa shape index (κ2) is 10.5. The zero-order valence-electron chi connectivity index (χ0n) is 17.0. The molecule has 7 nitrogen and oxygen atoms in total. The van der Waals surface area contributed by atoms with E-state index in [2.05, 4.69) is 10.2 Å². The van der Waals surface area contributed by atoms with Crippen LogP contribution >= 0.6 is 11.6 Å². The predicted molar refractivity (Wildman–Crippen MR) is 110 cm³/mol. The van der Waals surface area contributed by atoms with Crippen LogP contribution in [0.1, 0.15) is 27.2 Å². The van der Waals surface area contributed by atoms with Crippen LogP contribution in [0.4, 0.5) is 10.5 Å². The van der Waals surface area contributed by atoms with Gasteiger partial charge in [0, 0.05) is 31.2 Å². The zero-order valence-corrected chi connectivity index (χ0v) is 17.8. The third kappa shape index (κ3) is 6.27. The lowest BCUT2D eigenvalue weighted by molar-refractivity contribution is -0.120. The van der Waals surface area contributed by atoms with Crippen molar-refractivity contribution in [2.45, 2.75) is 33.2 Å². The summed E-state index contributed by atoms with van der Waals surface area (Å²) in [6, 6.07) is 4.74. The number of hydrogen-bond donors (Lipinski definition) is 1. The minimum Gasteiger partial charge on any atom is -0.495 e. The van der Waals surface area contributed by atoms with E-state index >= 15 is 0 Å². The third-order valence-electron chi connectivity index (χ3n) is 4.68. The van der Waals surface area contributed by atoms with E-state index in [-0.39, 0.29) is 18.0 Å². The minimum atomic E-state index is -0.352. The molecule has 1 heterocycles. The van der Waals surface area contributed by atoms with Gasteiger partial charge in [-0.3, -0.25) is 9.69 Å². The highest BCUT2D eigenvalue weighted by molar-refractivity contribution is 6.31. The number of rotatable bonds is 6. The van der Waals surface area contributed by atoms with Crippen molar-refractivity contribution in [2.75, 3.05) is 45.2 Å². The third-order valence-corrected chi connectivity index (χ3v) is 4.91.